The van der Waals surface area contributed by atoms with Gasteiger partial charge < -0.3 is 4.74 Å². The zero-order chi connectivity index (χ0) is 34.9. The number of rotatable bonds is 0. The summed E-state index contributed by atoms with van der Waals surface area (Å²) in [6, 6.07) is 37.5. The molecule has 0 aromatic heterocycles. The molecule has 7 rings (SSSR count). The van der Waals surface area contributed by atoms with E-state index in [9.17, 15) is 26.3 Å². The molecular formula is C48H74F6O. The van der Waals surface area contributed by atoms with Crippen molar-refractivity contribution in [1.82, 2.24) is 0 Å². The van der Waals surface area contributed by atoms with Gasteiger partial charge in [-0.05, 0) is 67.8 Å². The molecule has 0 amide bonds. The smallest absolute Gasteiger partial charge is 0.158 e. The Kier molecular flexibility index (Phi) is 56.8. The Morgan fingerprint density at radius 1 is 0.273 bits per heavy atom. The first-order valence-electron chi connectivity index (χ1n) is 16.2. The molecule has 55 heavy (non-hydrogen) atoms. The van der Waals surface area contributed by atoms with Gasteiger partial charge in [-0.25, -0.2) is 26.3 Å². The number of ether oxygens (including phenoxy) is 1. The maximum Gasteiger partial charge on any atom is 0.158 e. The molecule has 5 aromatic rings. The van der Waals surface area contributed by atoms with Crippen LogP contribution in [0.5, 0.6) is 0 Å². The molecule has 314 valence electrons. The number of halogens is 6. The van der Waals surface area contributed by atoms with Crippen LogP contribution in [0, 0.1) is 34.9 Å². The SMILES string of the molecule is C.C.C.C.C.C.C.C1CCCCC1.C1CCOCC1.Fc1cccc(F)c1.Fc1ccccc1.Fc1ccccc1.Fc1ccccc1F.c1ccccc1. The molecular weight excluding hydrogens is 707 g/mol. The van der Waals surface area contributed by atoms with Crippen LogP contribution in [-0.4, -0.2) is 13.2 Å². The van der Waals surface area contributed by atoms with Crippen molar-refractivity contribution < 1.29 is 31.1 Å². The third kappa shape index (κ3) is 43.9. The Balaban J connectivity index is -0.0000000959. The van der Waals surface area contributed by atoms with Crippen molar-refractivity contribution in [1.29, 1.82) is 0 Å². The summed E-state index contributed by atoms with van der Waals surface area (Å²) in [6.45, 7) is 2.00. The Labute approximate surface area is 333 Å². The lowest BCUT2D eigenvalue weighted by molar-refractivity contribution is 0.0968. The van der Waals surface area contributed by atoms with Gasteiger partial charge in [0.15, 0.2) is 11.6 Å². The highest BCUT2D eigenvalue weighted by atomic mass is 19.2. The maximum atomic E-state index is 11.9. The second-order valence-corrected chi connectivity index (χ2v) is 10.4. The topological polar surface area (TPSA) is 9.23 Å². The van der Waals surface area contributed by atoms with Crippen molar-refractivity contribution in [2.24, 2.45) is 0 Å². The molecule has 1 aliphatic heterocycles. The molecule has 7 heteroatoms. The predicted octanol–water partition coefficient (Wildman–Crippen LogP) is 17.2. The van der Waals surface area contributed by atoms with Gasteiger partial charge in [0.05, 0.1) is 0 Å². The average Bonchev–Trinajstić information content (AvgIpc) is 3.14. The first-order chi connectivity index (χ1) is 23.4. The lowest BCUT2D eigenvalue weighted by Crippen LogP contribution is -2.03. The van der Waals surface area contributed by atoms with E-state index in [2.05, 4.69) is 0 Å². The summed E-state index contributed by atoms with van der Waals surface area (Å²) in [7, 11) is 0. The van der Waals surface area contributed by atoms with E-state index in [4.69, 9.17) is 4.74 Å². The zero-order valence-electron chi connectivity index (χ0n) is 27.3. The van der Waals surface area contributed by atoms with Gasteiger partial charge >= 0.3 is 0 Å². The monoisotopic (exact) mass is 781 g/mol. The van der Waals surface area contributed by atoms with Crippen LogP contribution in [0.4, 0.5) is 26.3 Å². The van der Waals surface area contributed by atoms with E-state index in [0.29, 0.717) is 0 Å². The van der Waals surface area contributed by atoms with Gasteiger partial charge in [0.25, 0.3) is 0 Å². The highest BCUT2D eigenvalue weighted by molar-refractivity contribution is 5.06. The van der Waals surface area contributed by atoms with Gasteiger partial charge in [0.2, 0.25) is 0 Å². The minimum absolute atomic E-state index is 0. The molecule has 5 aromatic carbocycles. The lowest BCUT2D eigenvalue weighted by Gasteiger charge is -2.08. The van der Waals surface area contributed by atoms with E-state index < -0.39 is 23.3 Å². The Morgan fingerprint density at radius 2 is 0.509 bits per heavy atom. The summed E-state index contributed by atoms with van der Waals surface area (Å²) in [6.07, 6.45) is 12.9. The van der Waals surface area contributed by atoms with Crippen molar-refractivity contribution in [3.63, 3.8) is 0 Å². The van der Waals surface area contributed by atoms with Crippen LogP contribution in [0.1, 0.15) is 110 Å². The molecule has 2 fully saturated rings. The maximum absolute atomic E-state index is 11.9. The Morgan fingerprint density at radius 3 is 0.673 bits per heavy atom. The molecule has 1 nitrogen and oxygen atoms in total. The predicted molar refractivity (Wildman–Crippen MR) is 231 cm³/mol. The molecule has 0 spiro atoms. The number of hydrogen-bond donors (Lipinski definition) is 0. The molecule has 2 aliphatic rings. The molecule has 1 saturated heterocycles. The summed E-state index contributed by atoms with van der Waals surface area (Å²) in [5.74, 6) is -3.03. The normalized spacial score (nSPS) is 11.0. The van der Waals surface area contributed by atoms with Crippen molar-refractivity contribution in [2.45, 2.75) is 110 Å². The molecule has 0 N–H and O–H groups in total. The van der Waals surface area contributed by atoms with Crippen LogP contribution in [0.2, 0.25) is 0 Å². The summed E-state index contributed by atoms with van der Waals surface area (Å²) in [5, 5.41) is 0. The van der Waals surface area contributed by atoms with Crippen LogP contribution in [0.25, 0.3) is 0 Å². The highest BCUT2D eigenvalue weighted by Gasteiger charge is 1.96. The Bertz CT molecular complexity index is 1240. The molecule has 0 radical (unpaired) electrons. The quantitative estimate of drug-likeness (QED) is 0.142. The molecule has 0 atom stereocenters. The van der Waals surface area contributed by atoms with E-state index in [1.165, 1.54) is 112 Å². The van der Waals surface area contributed by atoms with Crippen LogP contribution >= 0.6 is 0 Å². The van der Waals surface area contributed by atoms with Gasteiger partial charge in [0.1, 0.15) is 23.3 Å². The molecule has 1 aliphatic carbocycles. The highest BCUT2D eigenvalue weighted by Crippen LogP contribution is 2.15. The molecule has 0 bridgehead atoms. The summed E-state index contributed by atoms with van der Waals surface area (Å²) < 4.78 is 76.6. The number of benzene rings is 5. The van der Waals surface area contributed by atoms with Gasteiger partial charge in [0, 0.05) is 19.3 Å². The average molecular weight is 781 g/mol. The van der Waals surface area contributed by atoms with E-state index >= 15 is 0 Å². The van der Waals surface area contributed by atoms with E-state index in [0.717, 1.165) is 31.4 Å². The van der Waals surface area contributed by atoms with Crippen molar-refractivity contribution in [3.05, 3.63) is 180 Å². The number of hydrogen-bond acceptors (Lipinski definition) is 1. The van der Waals surface area contributed by atoms with Gasteiger partial charge in [-0.2, -0.15) is 0 Å². The largest absolute Gasteiger partial charge is 0.381 e. The molecule has 0 unspecified atom stereocenters. The van der Waals surface area contributed by atoms with E-state index in [1.54, 1.807) is 36.4 Å². The molecule has 1 saturated carbocycles. The summed E-state index contributed by atoms with van der Waals surface area (Å²) in [5.41, 5.74) is 0. The van der Waals surface area contributed by atoms with Gasteiger partial charge in [-0.1, -0.05) is 182 Å². The Hall–Kier alpha value is -4.36. The fraction of sp³-hybridized carbons (Fsp3) is 0.375. The van der Waals surface area contributed by atoms with E-state index in [1.807, 2.05) is 36.4 Å². The van der Waals surface area contributed by atoms with Gasteiger partial charge in [-0.15, -0.1) is 0 Å². The van der Waals surface area contributed by atoms with Crippen molar-refractivity contribution in [2.75, 3.05) is 13.2 Å². The fourth-order valence-electron chi connectivity index (χ4n) is 3.86. The fourth-order valence-corrected chi connectivity index (χ4v) is 3.86. The van der Waals surface area contributed by atoms with Crippen LogP contribution in [0.15, 0.2) is 146 Å². The zero-order valence-corrected chi connectivity index (χ0v) is 27.3. The summed E-state index contributed by atoms with van der Waals surface area (Å²) in [4.78, 5) is 0. The minimum atomic E-state index is -0.799. The third-order valence-electron chi connectivity index (χ3n) is 6.32. The second-order valence-electron chi connectivity index (χ2n) is 10.4. The molecule has 1 heterocycles. The van der Waals surface area contributed by atoms with Crippen molar-refractivity contribution in [3.8, 4) is 0 Å². The van der Waals surface area contributed by atoms with Crippen LogP contribution in [0.3, 0.4) is 0 Å². The lowest BCUT2D eigenvalue weighted by atomic mass is 10.0. The first kappa shape index (κ1) is 65.5. The second kappa shape index (κ2) is 47.7. The van der Waals surface area contributed by atoms with Gasteiger partial charge in [-0.3, -0.25) is 0 Å². The van der Waals surface area contributed by atoms with E-state index in [-0.39, 0.29) is 63.6 Å². The van der Waals surface area contributed by atoms with Crippen LogP contribution in [-0.2, 0) is 4.74 Å². The van der Waals surface area contributed by atoms with Crippen LogP contribution < -0.4 is 0 Å². The third-order valence-corrected chi connectivity index (χ3v) is 6.32. The first-order valence-corrected chi connectivity index (χ1v) is 16.2. The summed E-state index contributed by atoms with van der Waals surface area (Å²) >= 11 is 0. The standard InChI is InChI=1S/2C6H4F2.2C6H5F.C6H12.C6H6.C5H10O.7CH4/c7-5-2-1-3-6(8)4-5;7-5-3-1-2-4-6(5)8;2*7-6-4-2-1-3-5-6;3*1-2-4-6-5-3-1;;;;;;;/h2*1-4H;2*1-5H;1-6H2;1-6H;1-5H2;7*1H4. The van der Waals surface area contributed by atoms with Crippen molar-refractivity contribution >= 4 is 0 Å². The minimum Gasteiger partial charge on any atom is -0.381 e.